The molecule has 0 unspecified atom stereocenters. The summed E-state index contributed by atoms with van der Waals surface area (Å²) in [7, 11) is 0. The molecule has 4 nitrogen and oxygen atoms in total. The standard InChI is InChI=1S/C49H31N3O/c1-4-12-32(13-5-1)34-20-24-36(25-21-34)41-28-29-42(45-43-30-39-18-10-11-19-40(39)31-44(43)53-46(41)45)49-51-47(37-16-8-3-9-17-37)50-48(52-49)38-26-22-35(23-27-38)33-14-6-2-7-15-33/h1-31H. The van der Waals surface area contributed by atoms with Gasteiger partial charge >= 0.3 is 0 Å². The normalized spacial score (nSPS) is 11.4. The molecule has 248 valence electrons. The van der Waals surface area contributed by atoms with Gasteiger partial charge in [0.1, 0.15) is 11.2 Å². The fourth-order valence-corrected chi connectivity index (χ4v) is 7.24. The Morgan fingerprint density at radius 3 is 1.32 bits per heavy atom. The van der Waals surface area contributed by atoms with Crippen LogP contribution in [-0.4, -0.2) is 15.0 Å². The first-order valence-corrected chi connectivity index (χ1v) is 17.8. The molecule has 10 rings (SSSR count). The van der Waals surface area contributed by atoms with Crippen LogP contribution in [0.2, 0.25) is 0 Å². The zero-order chi connectivity index (χ0) is 35.1. The van der Waals surface area contributed by atoms with Gasteiger partial charge in [0.05, 0.1) is 0 Å². The van der Waals surface area contributed by atoms with Crippen LogP contribution in [0.5, 0.6) is 0 Å². The Hall–Kier alpha value is -7.17. The maximum Gasteiger partial charge on any atom is 0.164 e. The molecule has 0 saturated carbocycles. The summed E-state index contributed by atoms with van der Waals surface area (Å²) < 4.78 is 6.84. The number of aromatic nitrogens is 3. The van der Waals surface area contributed by atoms with E-state index < -0.39 is 0 Å². The number of nitrogens with zero attached hydrogens (tertiary/aromatic N) is 3. The molecule has 0 aliphatic carbocycles. The summed E-state index contributed by atoms with van der Waals surface area (Å²) in [6.07, 6.45) is 0. The van der Waals surface area contributed by atoms with Gasteiger partial charge in [-0.15, -0.1) is 0 Å². The lowest BCUT2D eigenvalue weighted by Gasteiger charge is -2.11. The Kier molecular flexibility index (Phi) is 7.43. The van der Waals surface area contributed by atoms with E-state index in [1.165, 1.54) is 11.1 Å². The third-order valence-electron chi connectivity index (χ3n) is 9.95. The highest BCUT2D eigenvalue weighted by Gasteiger charge is 2.21. The summed E-state index contributed by atoms with van der Waals surface area (Å²) in [6, 6.07) is 65.1. The van der Waals surface area contributed by atoms with Gasteiger partial charge in [0, 0.05) is 33.0 Å². The van der Waals surface area contributed by atoms with Crippen LogP contribution >= 0.6 is 0 Å². The molecule has 0 saturated heterocycles. The second kappa shape index (κ2) is 12.9. The minimum absolute atomic E-state index is 0.591. The molecule has 0 atom stereocenters. The molecular formula is C49H31N3O. The first-order valence-electron chi connectivity index (χ1n) is 17.8. The van der Waals surface area contributed by atoms with Crippen LogP contribution in [0, 0.1) is 0 Å². The third-order valence-corrected chi connectivity index (χ3v) is 9.95. The van der Waals surface area contributed by atoms with Crippen molar-refractivity contribution in [2.45, 2.75) is 0 Å². The largest absolute Gasteiger partial charge is 0.455 e. The lowest BCUT2D eigenvalue weighted by Crippen LogP contribution is -2.00. The molecule has 0 fully saturated rings. The highest BCUT2D eigenvalue weighted by molar-refractivity contribution is 6.18. The third kappa shape index (κ3) is 5.63. The van der Waals surface area contributed by atoms with E-state index in [1.54, 1.807) is 0 Å². The molecule has 0 amide bonds. The number of furan rings is 1. The molecule has 0 N–H and O–H groups in total. The summed E-state index contributed by atoms with van der Waals surface area (Å²) in [4.78, 5) is 15.4. The van der Waals surface area contributed by atoms with E-state index in [0.717, 1.165) is 71.7 Å². The molecule has 0 spiro atoms. The van der Waals surface area contributed by atoms with Gasteiger partial charge in [0.2, 0.25) is 0 Å². The number of rotatable bonds is 6. The predicted molar refractivity (Wildman–Crippen MR) is 217 cm³/mol. The van der Waals surface area contributed by atoms with E-state index in [4.69, 9.17) is 19.4 Å². The minimum Gasteiger partial charge on any atom is -0.455 e. The first-order chi connectivity index (χ1) is 26.2. The van der Waals surface area contributed by atoms with E-state index in [9.17, 15) is 0 Å². The second-order valence-electron chi connectivity index (χ2n) is 13.2. The molecule has 2 heterocycles. The van der Waals surface area contributed by atoms with Crippen molar-refractivity contribution in [2.24, 2.45) is 0 Å². The van der Waals surface area contributed by atoms with Crippen LogP contribution in [0.1, 0.15) is 0 Å². The van der Waals surface area contributed by atoms with Crippen LogP contribution in [0.4, 0.5) is 0 Å². The molecule has 0 aliphatic heterocycles. The zero-order valence-electron chi connectivity index (χ0n) is 28.6. The first kappa shape index (κ1) is 30.6. The number of fused-ring (bicyclic) bond motifs is 4. The second-order valence-corrected chi connectivity index (χ2v) is 13.2. The van der Waals surface area contributed by atoms with Crippen LogP contribution in [-0.2, 0) is 0 Å². The summed E-state index contributed by atoms with van der Waals surface area (Å²) in [5, 5.41) is 4.27. The highest BCUT2D eigenvalue weighted by atomic mass is 16.3. The maximum absolute atomic E-state index is 6.84. The Morgan fingerprint density at radius 1 is 0.321 bits per heavy atom. The van der Waals surface area contributed by atoms with Gasteiger partial charge in [-0.1, -0.05) is 164 Å². The molecule has 2 aromatic heterocycles. The lowest BCUT2D eigenvalue weighted by molar-refractivity contribution is 0.670. The average molecular weight is 678 g/mol. The van der Waals surface area contributed by atoms with Gasteiger partial charge in [-0.3, -0.25) is 0 Å². The number of hydrogen-bond acceptors (Lipinski definition) is 4. The SMILES string of the molecule is c1ccc(-c2ccc(-c3nc(-c4ccccc4)nc(-c4ccc(-c5ccc(-c6ccccc6)cc5)c5oc6cc7ccccc7cc6c45)n3)cc2)cc1. The minimum atomic E-state index is 0.591. The van der Waals surface area contributed by atoms with Crippen LogP contribution in [0.3, 0.4) is 0 Å². The molecule has 0 bridgehead atoms. The Labute approximate surface area is 306 Å². The van der Waals surface area contributed by atoms with Crippen molar-refractivity contribution >= 4 is 32.7 Å². The fourth-order valence-electron chi connectivity index (χ4n) is 7.24. The maximum atomic E-state index is 6.84. The molecule has 10 aromatic rings. The number of benzene rings is 8. The zero-order valence-corrected chi connectivity index (χ0v) is 28.6. The molecular weight excluding hydrogens is 647 g/mol. The lowest BCUT2D eigenvalue weighted by atomic mass is 9.95. The molecule has 0 aliphatic rings. The molecule has 8 aromatic carbocycles. The van der Waals surface area contributed by atoms with Crippen molar-refractivity contribution < 1.29 is 4.42 Å². The van der Waals surface area contributed by atoms with Crippen molar-refractivity contribution in [1.82, 2.24) is 15.0 Å². The van der Waals surface area contributed by atoms with Crippen LogP contribution in [0.15, 0.2) is 192 Å². The summed E-state index contributed by atoms with van der Waals surface area (Å²) in [5.74, 6) is 1.82. The van der Waals surface area contributed by atoms with Gasteiger partial charge in [-0.25, -0.2) is 15.0 Å². The fraction of sp³-hybridized carbons (Fsp3) is 0. The molecule has 53 heavy (non-hydrogen) atoms. The smallest absolute Gasteiger partial charge is 0.164 e. The average Bonchev–Trinajstić information content (AvgIpc) is 3.62. The van der Waals surface area contributed by atoms with Gasteiger partial charge in [0.25, 0.3) is 0 Å². The van der Waals surface area contributed by atoms with Crippen molar-refractivity contribution in [3.63, 3.8) is 0 Å². The topological polar surface area (TPSA) is 51.8 Å². The van der Waals surface area contributed by atoms with Gasteiger partial charge in [-0.2, -0.15) is 0 Å². The molecule has 4 heteroatoms. The number of hydrogen-bond donors (Lipinski definition) is 0. The van der Waals surface area contributed by atoms with Crippen molar-refractivity contribution in [3.8, 4) is 67.5 Å². The monoisotopic (exact) mass is 677 g/mol. The Morgan fingerprint density at radius 2 is 0.736 bits per heavy atom. The summed E-state index contributed by atoms with van der Waals surface area (Å²) in [6.45, 7) is 0. The quantitative estimate of drug-likeness (QED) is 0.176. The van der Waals surface area contributed by atoms with Gasteiger partial charge in [-0.05, 0) is 62.9 Å². The van der Waals surface area contributed by atoms with Crippen LogP contribution < -0.4 is 0 Å². The van der Waals surface area contributed by atoms with Crippen LogP contribution in [0.25, 0.3) is 100 Å². The highest BCUT2D eigenvalue weighted by Crippen LogP contribution is 2.43. The van der Waals surface area contributed by atoms with E-state index in [2.05, 4.69) is 146 Å². The Bertz CT molecular complexity index is 2900. The molecule has 0 radical (unpaired) electrons. The van der Waals surface area contributed by atoms with E-state index in [0.29, 0.717) is 17.5 Å². The Balaban J connectivity index is 1.18. The van der Waals surface area contributed by atoms with E-state index in [-0.39, 0.29) is 0 Å². The summed E-state index contributed by atoms with van der Waals surface area (Å²) in [5.41, 5.74) is 11.1. The van der Waals surface area contributed by atoms with Gasteiger partial charge < -0.3 is 4.42 Å². The van der Waals surface area contributed by atoms with E-state index >= 15 is 0 Å². The van der Waals surface area contributed by atoms with Crippen molar-refractivity contribution in [1.29, 1.82) is 0 Å². The summed E-state index contributed by atoms with van der Waals surface area (Å²) >= 11 is 0. The predicted octanol–water partition coefficient (Wildman–Crippen LogP) is 12.9. The van der Waals surface area contributed by atoms with Crippen molar-refractivity contribution in [2.75, 3.05) is 0 Å². The van der Waals surface area contributed by atoms with Gasteiger partial charge in [0.15, 0.2) is 17.5 Å². The van der Waals surface area contributed by atoms with E-state index in [1.807, 2.05) is 42.5 Å². The van der Waals surface area contributed by atoms with Crippen molar-refractivity contribution in [3.05, 3.63) is 188 Å².